The highest BCUT2D eigenvalue weighted by molar-refractivity contribution is 5.40. The van der Waals surface area contributed by atoms with Crippen LogP contribution in [0.3, 0.4) is 0 Å². The quantitative estimate of drug-likeness (QED) is 0.457. The number of hydrogen-bond acceptors (Lipinski definition) is 2. The van der Waals surface area contributed by atoms with Crippen LogP contribution in [0, 0.1) is 34.0 Å². The normalized spacial score (nSPS) is 43.3. The molecule has 4 aliphatic rings. The lowest BCUT2D eigenvalue weighted by Gasteiger charge is -2.61. The molecule has 2 fully saturated rings. The highest BCUT2D eigenvalue weighted by Crippen LogP contribution is 2.68. The van der Waals surface area contributed by atoms with Crippen LogP contribution in [-0.2, 0) is 0 Å². The van der Waals surface area contributed by atoms with E-state index in [1.165, 1.54) is 64.2 Å². The van der Waals surface area contributed by atoms with Gasteiger partial charge in [0, 0.05) is 11.0 Å². The molecule has 0 saturated heterocycles. The average molecular weight is 428 g/mol. The fourth-order valence-corrected chi connectivity index (χ4v) is 9.24. The fourth-order valence-electron chi connectivity index (χ4n) is 9.24. The molecule has 0 amide bonds. The first-order chi connectivity index (χ1) is 14.5. The van der Waals surface area contributed by atoms with Gasteiger partial charge < -0.3 is 10.8 Å². The van der Waals surface area contributed by atoms with E-state index in [4.69, 9.17) is 5.73 Å². The minimum absolute atomic E-state index is 0.0334. The number of fused-ring (bicyclic) bond motifs is 4. The van der Waals surface area contributed by atoms with E-state index in [-0.39, 0.29) is 17.6 Å². The molecule has 4 aliphatic carbocycles. The second-order valence-electron chi connectivity index (χ2n) is 13.1. The van der Waals surface area contributed by atoms with Crippen molar-refractivity contribution >= 4 is 0 Å². The van der Waals surface area contributed by atoms with Gasteiger partial charge in [0.15, 0.2) is 0 Å². The van der Waals surface area contributed by atoms with Gasteiger partial charge in [-0.25, -0.2) is 0 Å². The number of rotatable bonds is 5. The monoisotopic (exact) mass is 427 g/mol. The first-order valence-electron chi connectivity index (χ1n) is 13.3. The zero-order chi connectivity index (χ0) is 22.7. The van der Waals surface area contributed by atoms with Crippen LogP contribution in [0.15, 0.2) is 22.8 Å². The van der Waals surface area contributed by atoms with Crippen molar-refractivity contribution in [3.63, 3.8) is 0 Å². The van der Waals surface area contributed by atoms with Gasteiger partial charge in [-0.3, -0.25) is 0 Å². The predicted molar refractivity (Wildman–Crippen MR) is 132 cm³/mol. The van der Waals surface area contributed by atoms with Crippen LogP contribution in [0.4, 0.5) is 0 Å². The van der Waals surface area contributed by atoms with E-state index in [1.54, 1.807) is 0 Å². The molecular formula is C29H49NO. The average Bonchev–Trinajstić information content (AvgIpc) is 2.98. The van der Waals surface area contributed by atoms with Gasteiger partial charge in [-0.05, 0) is 99.7 Å². The Morgan fingerprint density at radius 3 is 2.52 bits per heavy atom. The van der Waals surface area contributed by atoms with Gasteiger partial charge in [0.25, 0.3) is 0 Å². The van der Waals surface area contributed by atoms with Crippen LogP contribution < -0.4 is 5.73 Å². The maximum Gasteiger partial charge on any atom is 0.0639 e. The highest BCUT2D eigenvalue weighted by Gasteiger charge is 2.62. The third kappa shape index (κ3) is 3.50. The standard InChI is InChI=1S/C29H49NO/c1-20(19-31)9-7-10-21(2)22-13-17-28(6)24-11-12-25-26(3,4)15-8-16-27(25,5)23(24)14-18-29(22,28)30/h9,21-22,25,31H,7-8,10-19,30H2,1-6H3/b20-9-/t21?,22-,25?,27+,28+,29+/m0/s1. The largest absolute Gasteiger partial charge is 0.392 e. The van der Waals surface area contributed by atoms with Crippen LogP contribution in [-0.4, -0.2) is 17.3 Å². The van der Waals surface area contributed by atoms with Crippen molar-refractivity contribution in [1.29, 1.82) is 0 Å². The molecular weight excluding hydrogens is 378 g/mol. The minimum atomic E-state index is -0.0334. The summed E-state index contributed by atoms with van der Waals surface area (Å²) >= 11 is 0. The molecule has 2 nitrogen and oxygen atoms in total. The first kappa shape index (κ1) is 23.6. The Morgan fingerprint density at radius 2 is 1.81 bits per heavy atom. The number of hydrogen-bond donors (Lipinski definition) is 2. The molecule has 0 aromatic rings. The zero-order valence-corrected chi connectivity index (χ0v) is 21.3. The van der Waals surface area contributed by atoms with Gasteiger partial charge in [0.1, 0.15) is 0 Å². The molecule has 0 heterocycles. The lowest BCUT2D eigenvalue weighted by atomic mass is 9.45. The summed E-state index contributed by atoms with van der Waals surface area (Å²) in [5.74, 6) is 2.12. The van der Waals surface area contributed by atoms with Crippen molar-refractivity contribution in [3.05, 3.63) is 22.8 Å². The molecule has 0 radical (unpaired) electrons. The number of aliphatic hydroxyl groups excluding tert-OH is 1. The SMILES string of the molecule is C/C(=C/CCC(C)[C@@H]1CC[C@]2(C)C3=C(CC[C@@]12N)[C@@]1(C)CCCC(C)(C)C1CC3)CO. The molecule has 0 aromatic carbocycles. The third-order valence-electron chi connectivity index (χ3n) is 11.1. The van der Waals surface area contributed by atoms with Crippen LogP contribution in [0.2, 0.25) is 0 Å². The summed E-state index contributed by atoms with van der Waals surface area (Å²) in [7, 11) is 0. The number of nitrogens with two attached hydrogens (primary N) is 1. The van der Waals surface area contributed by atoms with Crippen molar-refractivity contribution in [2.24, 2.45) is 39.7 Å². The Labute approximate surface area is 192 Å². The van der Waals surface area contributed by atoms with Crippen LogP contribution >= 0.6 is 0 Å². The van der Waals surface area contributed by atoms with E-state index in [2.05, 4.69) is 40.7 Å². The summed E-state index contributed by atoms with van der Waals surface area (Å²) in [6, 6.07) is 0. The zero-order valence-electron chi connectivity index (χ0n) is 21.3. The van der Waals surface area contributed by atoms with E-state index < -0.39 is 0 Å². The molecule has 2 saturated carbocycles. The lowest BCUT2D eigenvalue weighted by Crippen LogP contribution is -2.60. The Hall–Kier alpha value is -0.600. The summed E-state index contributed by atoms with van der Waals surface area (Å²) in [4.78, 5) is 0. The molecule has 176 valence electrons. The predicted octanol–water partition coefficient (Wildman–Crippen LogP) is 7.17. The molecule has 2 unspecified atom stereocenters. The van der Waals surface area contributed by atoms with Gasteiger partial charge in [-0.1, -0.05) is 63.8 Å². The van der Waals surface area contributed by atoms with Gasteiger partial charge >= 0.3 is 0 Å². The minimum Gasteiger partial charge on any atom is -0.392 e. The maximum absolute atomic E-state index is 9.29. The molecule has 0 aliphatic heterocycles. The van der Waals surface area contributed by atoms with Crippen molar-refractivity contribution in [3.8, 4) is 0 Å². The molecule has 6 atom stereocenters. The van der Waals surface area contributed by atoms with Gasteiger partial charge in [-0.2, -0.15) is 0 Å². The molecule has 0 spiro atoms. The van der Waals surface area contributed by atoms with Gasteiger partial charge in [0.2, 0.25) is 0 Å². The third-order valence-corrected chi connectivity index (χ3v) is 11.1. The second kappa shape index (κ2) is 8.01. The van der Waals surface area contributed by atoms with Crippen LogP contribution in [0.1, 0.15) is 112 Å². The van der Waals surface area contributed by atoms with Crippen LogP contribution in [0.5, 0.6) is 0 Å². The number of allylic oxidation sites excluding steroid dienone is 2. The Balaban J connectivity index is 1.61. The molecule has 2 heteroatoms. The lowest BCUT2D eigenvalue weighted by molar-refractivity contribution is -0.00558. The van der Waals surface area contributed by atoms with E-state index >= 15 is 0 Å². The van der Waals surface area contributed by atoms with Crippen LogP contribution in [0.25, 0.3) is 0 Å². The Bertz CT molecular complexity index is 763. The van der Waals surface area contributed by atoms with E-state index in [1.807, 2.05) is 18.1 Å². The topological polar surface area (TPSA) is 46.2 Å². The summed E-state index contributed by atoms with van der Waals surface area (Å²) in [6.07, 6.45) is 16.4. The van der Waals surface area contributed by atoms with Crippen molar-refractivity contribution in [2.45, 2.75) is 118 Å². The van der Waals surface area contributed by atoms with E-state index in [0.717, 1.165) is 17.9 Å². The number of aliphatic hydroxyl groups is 1. The van der Waals surface area contributed by atoms with Crippen molar-refractivity contribution in [2.75, 3.05) is 6.61 Å². The van der Waals surface area contributed by atoms with Crippen molar-refractivity contribution < 1.29 is 5.11 Å². The second-order valence-corrected chi connectivity index (χ2v) is 13.1. The molecule has 31 heavy (non-hydrogen) atoms. The molecule has 0 aromatic heterocycles. The summed E-state index contributed by atoms with van der Waals surface area (Å²) in [6.45, 7) is 14.9. The van der Waals surface area contributed by atoms with E-state index in [0.29, 0.717) is 22.7 Å². The Morgan fingerprint density at radius 1 is 1.06 bits per heavy atom. The molecule has 0 bridgehead atoms. The van der Waals surface area contributed by atoms with Crippen molar-refractivity contribution in [1.82, 2.24) is 0 Å². The Kier molecular flexibility index (Phi) is 6.09. The maximum atomic E-state index is 9.29. The fraction of sp³-hybridized carbons (Fsp3) is 0.862. The first-order valence-corrected chi connectivity index (χ1v) is 13.3. The van der Waals surface area contributed by atoms with Gasteiger partial charge in [-0.15, -0.1) is 0 Å². The van der Waals surface area contributed by atoms with Gasteiger partial charge in [0.05, 0.1) is 6.61 Å². The molecule has 3 N–H and O–H groups in total. The van der Waals surface area contributed by atoms with E-state index in [9.17, 15) is 5.11 Å². The summed E-state index contributed by atoms with van der Waals surface area (Å²) < 4.78 is 0. The smallest absolute Gasteiger partial charge is 0.0639 e. The highest BCUT2D eigenvalue weighted by atomic mass is 16.3. The summed E-state index contributed by atoms with van der Waals surface area (Å²) in [5.41, 5.74) is 13.3. The summed E-state index contributed by atoms with van der Waals surface area (Å²) in [5, 5.41) is 9.29. The molecule has 4 rings (SSSR count).